The predicted molar refractivity (Wildman–Crippen MR) is 112 cm³/mol. The second-order valence-corrected chi connectivity index (χ2v) is 8.33. The molecule has 3 rings (SSSR count). The van der Waals surface area contributed by atoms with Gasteiger partial charge in [-0.25, -0.2) is 4.79 Å². The lowest BCUT2D eigenvalue weighted by molar-refractivity contribution is 0.257. The molecule has 2 aromatic carbocycles. The first kappa shape index (κ1) is 19.8. The lowest BCUT2D eigenvalue weighted by Crippen LogP contribution is -2.37. The number of hydrogen-bond acceptors (Lipinski definition) is 5. The summed E-state index contributed by atoms with van der Waals surface area (Å²) < 4.78 is 21.3. The fourth-order valence-electron chi connectivity index (χ4n) is 2.32. The zero-order valence-corrected chi connectivity index (χ0v) is 17.1. The highest BCUT2D eigenvalue weighted by Gasteiger charge is 2.22. The number of benzene rings is 2. The molecule has 148 valence electrons. The van der Waals surface area contributed by atoms with E-state index >= 15 is 0 Å². The molecule has 1 atom stereocenters. The fourth-order valence-corrected chi connectivity index (χ4v) is 3.48. The van der Waals surface area contributed by atoms with Crippen molar-refractivity contribution in [1.82, 2.24) is 9.44 Å². The molecule has 1 heterocycles. The van der Waals surface area contributed by atoms with Crippen LogP contribution in [0, 0.1) is 5.41 Å². The first-order chi connectivity index (χ1) is 13.3. The third-order valence-corrected chi connectivity index (χ3v) is 4.99. The molecule has 1 aliphatic rings. The average Bonchev–Trinajstić information content (AvgIpc) is 3.11. The van der Waals surface area contributed by atoms with Crippen LogP contribution in [0.4, 0.5) is 10.5 Å². The number of carbonyl (C=O) groups excluding carboxylic acids is 1. The number of hydrogen-bond donors (Lipinski definition) is 3. The van der Waals surface area contributed by atoms with Crippen molar-refractivity contribution in [2.75, 3.05) is 12.4 Å². The molecule has 0 aliphatic carbocycles. The molecule has 2 amide bonds. The average molecular weight is 401 g/mol. The van der Waals surface area contributed by atoms with Gasteiger partial charge >= 0.3 is 6.03 Å². The minimum atomic E-state index is -0.770. The molecule has 0 radical (unpaired) electrons. The Morgan fingerprint density at radius 1 is 1.07 bits per heavy atom. The van der Waals surface area contributed by atoms with Gasteiger partial charge in [0.1, 0.15) is 28.3 Å². The number of nitrogens with zero attached hydrogens (tertiary/aromatic N) is 1. The number of anilines is 1. The Bertz CT molecular complexity index is 918. The van der Waals surface area contributed by atoms with E-state index in [1.54, 1.807) is 25.4 Å². The van der Waals surface area contributed by atoms with Crippen molar-refractivity contribution in [3.63, 3.8) is 0 Å². The van der Waals surface area contributed by atoms with Crippen LogP contribution in [-0.4, -0.2) is 13.1 Å². The standard InChI is InChI=1S/C20H24N4O3S/c1-20(2,3)18-13-21-28(23-18)24-19(25)22-14-6-5-7-17(12-14)27-16-10-8-15(26-4)9-11-16/h5-13H,1-4H3,(H3,21,22,23,24,25). The second-order valence-electron chi connectivity index (χ2n) is 7.15. The second kappa shape index (κ2) is 8.35. The van der Waals surface area contributed by atoms with Crippen LogP contribution in [0.1, 0.15) is 20.8 Å². The quantitative estimate of drug-likeness (QED) is 0.677. The predicted octanol–water partition coefficient (Wildman–Crippen LogP) is 4.73. The molecule has 0 aromatic heterocycles. The van der Waals surface area contributed by atoms with E-state index in [9.17, 15) is 4.79 Å². The summed E-state index contributed by atoms with van der Waals surface area (Å²) in [4.78, 5) is 12.3. The maximum absolute atomic E-state index is 12.3. The highest BCUT2D eigenvalue weighted by Crippen LogP contribution is 2.27. The summed E-state index contributed by atoms with van der Waals surface area (Å²) in [6.45, 7) is 6.26. The molecule has 1 unspecified atom stereocenters. The third-order valence-electron chi connectivity index (χ3n) is 3.88. The van der Waals surface area contributed by atoms with Gasteiger partial charge in [-0.05, 0) is 36.4 Å². The van der Waals surface area contributed by atoms with E-state index in [0.29, 0.717) is 17.2 Å². The van der Waals surface area contributed by atoms with Crippen molar-refractivity contribution in [1.29, 1.82) is 0 Å². The van der Waals surface area contributed by atoms with E-state index in [0.717, 1.165) is 11.4 Å². The number of amides is 2. The zero-order chi connectivity index (χ0) is 20.1. The van der Waals surface area contributed by atoms with Crippen molar-refractivity contribution in [2.24, 2.45) is 9.78 Å². The Morgan fingerprint density at radius 2 is 1.79 bits per heavy atom. The fraction of sp³-hybridized carbons (Fsp3) is 0.250. The Hall–Kier alpha value is -3.00. The van der Waals surface area contributed by atoms with Gasteiger partial charge in [0, 0.05) is 22.9 Å². The van der Waals surface area contributed by atoms with Gasteiger partial charge < -0.3 is 19.5 Å². The summed E-state index contributed by atoms with van der Waals surface area (Å²) in [7, 11) is 1.62. The van der Waals surface area contributed by atoms with Crippen LogP contribution < -0.4 is 24.2 Å². The first-order valence-corrected chi connectivity index (χ1v) is 9.94. The summed E-state index contributed by atoms with van der Waals surface area (Å²) in [6, 6.07) is 14.1. The van der Waals surface area contributed by atoms with Crippen LogP contribution in [-0.2, 0) is 11.1 Å². The largest absolute Gasteiger partial charge is 0.497 e. The molecule has 2 aromatic rings. The van der Waals surface area contributed by atoms with Gasteiger partial charge in [-0.1, -0.05) is 26.8 Å². The van der Waals surface area contributed by atoms with Gasteiger partial charge in [-0.3, -0.25) is 4.72 Å². The van der Waals surface area contributed by atoms with Gasteiger partial charge in [0.2, 0.25) is 0 Å². The number of allylic oxidation sites excluding steroid dienone is 1. The molecular formula is C20H24N4O3S. The Balaban J connectivity index is 1.56. The lowest BCUT2D eigenvalue weighted by atomic mass is 9.93. The summed E-state index contributed by atoms with van der Waals surface area (Å²) in [5.74, 6) is 2.06. The smallest absolute Gasteiger partial charge is 0.331 e. The molecule has 0 fully saturated rings. The number of ether oxygens (including phenoxy) is 2. The molecule has 0 spiro atoms. The number of rotatable bonds is 5. The number of nitrogens with one attached hydrogen (secondary N) is 3. The zero-order valence-electron chi connectivity index (χ0n) is 16.3. The van der Waals surface area contributed by atoms with Crippen LogP contribution >= 0.6 is 0 Å². The number of urea groups is 1. The SMILES string of the molecule is COc1ccc(Oc2cccc(NC(=O)NS3=NC=C(C(C)(C)C)N3)c2)cc1. The third kappa shape index (κ3) is 5.26. The topological polar surface area (TPSA) is 84.0 Å². The van der Waals surface area contributed by atoms with Gasteiger partial charge in [0.25, 0.3) is 0 Å². The molecular weight excluding hydrogens is 376 g/mol. The van der Waals surface area contributed by atoms with E-state index in [-0.39, 0.29) is 11.4 Å². The van der Waals surface area contributed by atoms with E-state index < -0.39 is 11.1 Å². The maximum Gasteiger partial charge on any atom is 0.331 e. The van der Waals surface area contributed by atoms with Gasteiger partial charge in [0.15, 0.2) is 0 Å². The van der Waals surface area contributed by atoms with E-state index in [1.807, 2.05) is 36.4 Å². The molecule has 3 N–H and O–H groups in total. The molecule has 7 nitrogen and oxygen atoms in total. The van der Waals surface area contributed by atoms with Crippen LogP contribution in [0.5, 0.6) is 17.2 Å². The molecule has 0 saturated heterocycles. The first-order valence-electron chi connectivity index (χ1n) is 8.76. The van der Waals surface area contributed by atoms with Gasteiger partial charge in [0.05, 0.1) is 13.3 Å². The minimum absolute atomic E-state index is 0.0451. The van der Waals surface area contributed by atoms with E-state index in [4.69, 9.17) is 9.47 Å². The van der Waals surface area contributed by atoms with Crippen molar-refractivity contribution >= 4 is 22.8 Å². The van der Waals surface area contributed by atoms with Crippen molar-refractivity contribution < 1.29 is 14.3 Å². The summed E-state index contributed by atoms with van der Waals surface area (Å²) in [5, 5.41) is 2.80. The summed E-state index contributed by atoms with van der Waals surface area (Å²) in [5.41, 5.74) is 1.57. The molecule has 0 saturated carbocycles. The Morgan fingerprint density at radius 3 is 2.43 bits per heavy atom. The lowest BCUT2D eigenvalue weighted by Gasteiger charge is -2.21. The molecule has 0 bridgehead atoms. The molecule has 8 heteroatoms. The van der Waals surface area contributed by atoms with Gasteiger partial charge in [-0.2, -0.15) is 4.36 Å². The number of methoxy groups -OCH3 is 1. The highest BCUT2D eigenvalue weighted by molar-refractivity contribution is 7.84. The molecule has 28 heavy (non-hydrogen) atoms. The Kier molecular flexibility index (Phi) is 5.89. The van der Waals surface area contributed by atoms with Crippen LogP contribution in [0.2, 0.25) is 0 Å². The summed E-state index contributed by atoms with van der Waals surface area (Å²) in [6.07, 6.45) is 1.77. The van der Waals surface area contributed by atoms with Crippen molar-refractivity contribution in [3.8, 4) is 17.2 Å². The van der Waals surface area contributed by atoms with Crippen molar-refractivity contribution in [2.45, 2.75) is 20.8 Å². The van der Waals surface area contributed by atoms with E-state index in [2.05, 4.69) is 39.9 Å². The number of carbonyl (C=O) groups is 1. The van der Waals surface area contributed by atoms with Crippen LogP contribution in [0.15, 0.2) is 64.8 Å². The Labute approximate surface area is 167 Å². The normalized spacial score (nSPS) is 15.7. The van der Waals surface area contributed by atoms with E-state index in [1.165, 1.54) is 0 Å². The maximum atomic E-state index is 12.3. The van der Waals surface area contributed by atoms with Crippen molar-refractivity contribution in [3.05, 3.63) is 60.4 Å². The van der Waals surface area contributed by atoms with Gasteiger partial charge in [-0.15, -0.1) is 0 Å². The minimum Gasteiger partial charge on any atom is -0.497 e. The van der Waals surface area contributed by atoms with Crippen LogP contribution in [0.3, 0.4) is 0 Å². The van der Waals surface area contributed by atoms with Crippen LogP contribution in [0.25, 0.3) is 0 Å². The summed E-state index contributed by atoms with van der Waals surface area (Å²) >= 11 is -0.770. The molecule has 1 aliphatic heterocycles. The monoisotopic (exact) mass is 400 g/mol. The highest BCUT2D eigenvalue weighted by atomic mass is 32.2.